The van der Waals surface area contributed by atoms with Crippen LogP contribution in [-0.4, -0.2) is 70.1 Å². The van der Waals surface area contributed by atoms with Crippen molar-refractivity contribution in [1.29, 1.82) is 0 Å². The minimum atomic E-state index is -3.35. The Morgan fingerprint density at radius 3 is 2.83 bits per heavy atom. The average Bonchev–Trinajstić information content (AvgIpc) is 3.45. The van der Waals surface area contributed by atoms with E-state index in [1.807, 2.05) is 6.07 Å². The summed E-state index contributed by atoms with van der Waals surface area (Å²) in [5.41, 5.74) is 9.47. The number of nitrogen functional groups attached to an aromatic ring is 1. The molecule has 0 spiro atoms. The van der Waals surface area contributed by atoms with Gasteiger partial charge in [0.1, 0.15) is 11.8 Å². The number of pyridine rings is 1. The first-order valence-electron chi connectivity index (χ1n) is 11.2. The predicted molar refractivity (Wildman–Crippen MR) is 128 cm³/mol. The van der Waals surface area contributed by atoms with Gasteiger partial charge in [0.05, 0.1) is 17.6 Å². The van der Waals surface area contributed by atoms with Crippen LogP contribution in [0.5, 0.6) is 0 Å². The topological polar surface area (TPSA) is 139 Å². The second-order valence-corrected chi connectivity index (χ2v) is 10.7. The molecule has 3 aromatic heterocycles. The van der Waals surface area contributed by atoms with Gasteiger partial charge in [0, 0.05) is 49.7 Å². The highest BCUT2D eigenvalue weighted by Crippen LogP contribution is 2.36. The number of nitrogens with one attached hydrogen (secondary N) is 1. The molecule has 0 radical (unpaired) electrons. The summed E-state index contributed by atoms with van der Waals surface area (Å²) in [4.78, 5) is 22.4. The minimum Gasteiger partial charge on any atom is -0.382 e. The maximum absolute atomic E-state index is 13.4. The Morgan fingerprint density at radius 1 is 1.26 bits per heavy atom. The fourth-order valence-electron chi connectivity index (χ4n) is 4.63. The number of nitrogens with zero attached hydrogens (tertiary/aromatic N) is 6. The van der Waals surface area contributed by atoms with Crippen LogP contribution in [0.1, 0.15) is 35.3 Å². The molecule has 0 bridgehead atoms. The van der Waals surface area contributed by atoms with E-state index < -0.39 is 16.0 Å². The highest BCUT2D eigenvalue weighted by Gasteiger charge is 2.29. The molecule has 1 saturated heterocycles. The number of hydrogen-bond acceptors (Lipinski definition) is 8. The van der Waals surface area contributed by atoms with Crippen LogP contribution in [0.4, 0.5) is 15.9 Å². The highest BCUT2D eigenvalue weighted by molar-refractivity contribution is 7.88. The summed E-state index contributed by atoms with van der Waals surface area (Å²) in [5, 5.41) is 7.36. The molecule has 5 heterocycles. The Kier molecular flexibility index (Phi) is 5.79. The number of sulfonamides is 1. The summed E-state index contributed by atoms with van der Waals surface area (Å²) in [5.74, 6) is -0.763. The number of fused-ring (bicyclic) bond motifs is 1. The molecule has 0 saturated carbocycles. The van der Waals surface area contributed by atoms with Crippen molar-refractivity contribution in [1.82, 2.24) is 29.2 Å². The normalized spacial score (nSPS) is 18.7. The number of piperidine rings is 1. The van der Waals surface area contributed by atoms with Crippen LogP contribution in [0.3, 0.4) is 0 Å². The molecule has 1 fully saturated rings. The van der Waals surface area contributed by atoms with E-state index >= 15 is 0 Å². The monoisotopic (exact) mass is 500 g/mol. The summed E-state index contributed by atoms with van der Waals surface area (Å²) in [7, 11) is -3.35. The predicted octanol–water partition coefficient (Wildman–Crippen LogP) is 1.25. The van der Waals surface area contributed by atoms with Gasteiger partial charge in [-0.15, -0.1) is 0 Å². The smallest absolute Gasteiger partial charge is 0.251 e. The van der Waals surface area contributed by atoms with Crippen LogP contribution in [0, 0.1) is 5.95 Å². The Labute approximate surface area is 201 Å². The van der Waals surface area contributed by atoms with Crippen LogP contribution in [0.15, 0.2) is 36.9 Å². The Morgan fingerprint density at radius 2 is 2.09 bits per heavy atom. The lowest BCUT2D eigenvalue weighted by molar-refractivity contribution is 0.0932. The molecule has 184 valence electrons. The summed E-state index contributed by atoms with van der Waals surface area (Å²) in [6.07, 6.45) is 7.58. The minimum absolute atomic E-state index is 0.164. The molecule has 0 unspecified atom stereocenters. The summed E-state index contributed by atoms with van der Waals surface area (Å²) in [6.45, 7) is 1.62. The fourth-order valence-corrected chi connectivity index (χ4v) is 5.38. The molecule has 3 N–H and O–H groups in total. The first kappa shape index (κ1) is 23.0. The molecule has 5 rings (SSSR count). The zero-order chi connectivity index (χ0) is 24.7. The fraction of sp³-hybridized carbons (Fsp3) is 0.364. The largest absolute Gasteiger partial charge is 0.382 e. The Hall–Kier alpha value is -3.74. The van der Waals surface area contributed by atoms with Gasteiger partial charge in [-0.3, -0.25) is 9.10 Å². The van der Waals surface area contributed by atoms with Crippen molar-refractivity contribution in [2.24, 2.45) is 0 Å². The van der Waals surface area contributed by atoms with Gasteiger partial charge in [-0.05, 0) is 37.0 Å². The Balaban J connectivity index is 1.44. The van der Waals surface area contributed by atoms with Crippen molar-refractivity contribution in [2.45, 2.75) is 25.3 Å². The number of amides is 1. The van der Waals surface area contributed by atoms with Gasteiger partial charge in [-0.1, -0.05) is 0 Å². The number of carbonyl (C=O) groups excluding carboxylic acids is 1. The molecule has 2 aliphatic rings. The second kappa shape index (κ2) is 8.80. The number of nitrogens with two attached hydrogens (primary N) is 1. The molecule has 0 aromatic carbocycles. The molecule has 1 amide bonds. The zero-order valence-electron chi connectivity index (χ0n) is 19.1. The van der Waals surface area contributed by atoms with Gasteiger partial charge in [0.25, 0.3) is 5.91 Å². The highest BCUT2D eigenvalue weighted by atomic mass is 32.2. The van der Waals surface area contributed by atoms with Crippen LogP contribution < -0.4 is 16.0 Å². The van der Waals surface area contributed by atoms with Crippen LogP contribution in [0.2, 0.25) is 0 Å². The van der Waals surface area contributed by atoms with Crippen LogP contribution in [0.25, 0.3) is 11.1 Å². The molecule has 2 aliphatic heterocycles. The molecule has 1 atom stereocenters. The van der Waals surface area contributed by atoms with E-state index in [4.69, 9.17) is 5.73 Å². The van der Waals surface area contributed by atoms with Crippen molar-refractivity contribution < 1.29 is 17.6 Å². The maximum Gasteiger partial charge on any atom is 0.251 e. The first-order chi connectivity index (χ1) is 16.7. The van der Waals surface area contributed by atoms with E-state index in [0.717, 1.165) is 42.4 Å². The molecule has 35 heavy (non-hydrogen) atoms. The van der Waals surface area contributed by atoms with Crippen molar-refractivity contribution in [3.63, 3.8) is 0 Å². The van der Waals surface area contributed by atoms with E-state index in [-0.39, 0.29) is 17.5 Å². The zero-order valence-corrected chi connectivity index (χ0v) is 19.9. The number of hydrogen-bond donors (Lipinski definition) is 2. The summed E-state index contributed by atoms with van der Waals surface area (Å²) in [6, 6.07) is 4.36. The summed E-state index contributed by atoms with van der Waals surface area (Å²) >= 11 is 0. The molecular weight excluding hydrogens is 475 g/mol. The standard InChI is InChI=1S/C22H25FN8O3S/c1-35(33,34)30-8-5-15(11-30)17-10-18(20-21(24)26-13-27-31(17)20)29-7-2-3-16(12-29)28-22(32)14-4-6-25-19(23)9-14/h4,6,9-11,13,16H,2-3,5,7-8,12H2,1H3,(H,28,32)(H2,24,26,27)/t16-/m1/s1. The van der Waals surface area contributed by atoms with Gasteiger partial charge in [-0.2, -0.15) is 9.49 Å². The number of aromatic nitrogens is 4. The van der Waals surface area contributed by atoms with Crippen LogP contribution in [-0.2, 0) is 10.0 Å². The lowest BCUT2D eigenvalue weighted by Crippen LogP contribution is -2.47. The van der Waals surface area contributed by atoms with Gasteiger partial charge >= 0.3 is 0 Å². The number of halogens is 1. The third-order valence-electron chi connectivity index (χ3n) is 6.30. The van der Waals surface area contributed by atoms with Crippen molar-refractivity contribution in [3.8, 4) is 0 Å². The van der Waals surface area contributed by atoms with Crippen molar-refractivity contribution in [3.05, 3.63) is 54.1 Å². The van der Waals surface area contributed by atoms with E-state index in [0.29, 0.717) is 30.8 Å². The average molecular weight is 501 g/mol. The molecule has 11 nitrogen and oxygen atoms in total. The summed E-state index contributed by atoms with van der Waals surface area (Å²) < 4.78 is 40.4. The van der Waals surface area contributed by atoms with Gasteiger partial charge in [0.2, 0.25) is 16.0 Å². The lowest BCUT2D eigenvalue weighted by Gasteiger charge is -2.34. The maximum atomic E-state index is 13.4. The van der Waals surface area contributed by atoms with Gasteiger partial charge < -0.3 is 16.0 Å². The molecule has 0 aliphatic carbocycles. The van der Waals surface area contributed by atoms with E-state index in [1.54, 1.807) is 10.7 Å². The van der Waals surface area contributed by atoms with Crippen molar-refractivity contribution in [2.75, 3.05) is 36.5 Å². The number of carbonyl (C=O) groups is 1. The Bertz CT molecular complexity index is 1440. The van der Waals surface area contributed by atoms with E-state index in [2.05, 4.69) is 25.3 Å². The second-order valence-electron chi connectivity index (χ2n) is 8.72. The van der Waals surface area contributed by atoms with Crippen LogP contribution >= 0.6 is 0 Å². The molecule has 13 heteroatoms. The number of rotatable bonds is 5. The quantitative estimate of drug-likeness (QED) is 0.499. The van der Waals surface area contributed by atoms with Crippen molar-refractivity contribution >= 4 is 38.5 Å². The SMILES string of the molecule is CS(=O)(=O)N1C=C(c2cc(N3CCC[C@@H](NC(=O)c4ccnc(F)c4)C3)c3c(N)ncnn23)CC1. The molecular formula is C22H25FN8O3S. The first-order valence-corrected chi connectivity index (χ1v) is 13.0. The van der Waals surface area contributed by atoms with E-state index in [9.17, 15) is 17.6 Å². The third kappa shape index (κ3) is 4.50. The van der Waals surface area contributed by atoms with E-state index in [1.165, 1.54) is 29.2 Å². The molecule has 3 aromatic rings. The lowest BCUT2D eigenvalue weighted by atomic mass is 10.0. The van der Waals surface area contributed by atoms with Gasteiger partial charge in [0.15, 0.2) is 5.82 Å². The third-order valence-corrected chi connectivity index (χ3v) is 7.44. The van der Waals surface area contributed by atoms with Gasteiger partial charge in [-0.25, -0.2) is 22.9 Å². The number of anilines is 2.